The van der Waals surface area contributed by atoms with Gasteiger partial charge in [-0.1, -0.05) is 57.0 Å². The van der Waals surface area contributed by atoms with E-state index in [4.69, 9.17) is 6.42 Å². The first-order valence-electron chi connectivity index (χ1n) is 7.12. The van der Waals surface area contributed by atoms with Crippen LogP contribution >= 0.6 is 0 Å². The monoisotopic (exact) mass is 258 g/mol. The maximum absolute atomic E-state index is 5.49. The summed E-state index contributed by atoms with van der Waals surface area (Å²) in [7, 11) is 0. The highest BCUT2D eigenvalue weighted by Gasteiger charge is 2.17. The van der Waals surface area contributed by atoms with Crippen molar-refractivity contribution >= 4 is 0 Å². The van der Waals surface area contributed by atoms with E-state index in [2.05, 4.69) is 67.2 Å². The minimum Gasteiger partial charge on any atom is -0.315 e. The van der Waals surface area contributed by atoms with Crippen LogP contribution in [-0.4, -0.2) is 31.1 Å². The van der Waals surface area contributed by atoms with Crippen LogP contribution in [0.5, 0.6) is 0 Å². The van der Waals surface area contributed by atoms with Crippen molar-refractivity contribution in [3.05, 3.63) is 35.9 Å². The fourth-order valence-corrected chi connectivity index (χ4v) is 2.20. The first-order chi connectivity index (χ1) is 9.19. The second-order valence-corrected chi connectivity index (χ2v) is 5.25. The Morgan fingerprint density at radius 2 is 1.89 bits per heavy atom. The number of benzene rings is 1. The molecule has 104 valence electrons. The van der Waals surface area contributed by atoms with E-state index in [9.17, 15) is 0 Å². The summed E-state index contributed by atoms with van der Waals surface area (Å²) in [5.74, 6) is 3.43. The van der Waals surface area contributed by atoms with Crippen molar-refractivity contribution in [2.45, 2.75) is 26.8 Å². The van der Waals surface area contributed by atoms with Gasteiger partial charge in [0.05, 0.1) is 6.54 Å². The maximum atomic E-state index is 5.49. The molecule has 0 spiro atoms. The Balaban J connectivity index is 2.75. The number of terminal acetylenes is 1. The standard InChI is InChI=1S/C17H26N2/c1-5-12-19(6-2)17(14-18-13-15(3)4)16-10-8-7-9-11-16/h1,7-11,15,17-18H,6,12-14H2,2-4H3. The Morgan fingerprint density at radius 1 is 1.21 bits per heavy atom. The van der Waals surface area contributed by atoms with Crippen LogP contribution in [0.3, 0.4) is 0 Å². The first-order valence-corrected chi connectivity index (χ1v) is 7.12. The molecule has 0 fully saturated rings. The summed E-state index contributed by atoms with van der Waals surface area (Å²) in [4.78, 5) is 2.34. The van der Waals surface area contributed by atoms with Gasteiger partial charge in [-0.25, -0.2) is 0 Å². The molecule has 2 heteroatoms. The highest BCUT2D eigenvalue weighted by molar-refractivity contribution is 5.20. The lowest BCUT2D eigenvalue weighted by Gasteiger charge is -2.30. The molecule has 1 aromatic rings. The van der Waals surface area contributed by atoms with E-state index in [0.29, 0.717) is 18.5 Å². The molecule has 0 aliphatic heterocycles. The first kappa shape index (κ1) is 15.8. The number of likely N-dealkylation sites (N-methyl/N-ethyl adjacent to an activating group) is 1. The van der Waals surface area contributed by atoms with Gasteiger partial charge in [0.15, 0.2) is 0 Å². The highest BCUT2D eigenvalue weighted by Crippen LogP contribution is 2.19. The summed E-state index contributed by atoms with van der Waals surface area (Å²) in [6.45, 7) is 10.3. The molecule has 1 rings (SSSR count). The minimum absolute atomic E-state index is 0.348. The Morgan fingerprint density at radius 3 is 2.42 bits per heavy atom. The second-order valence-electron chi connectivity index (χ2n) is 5.25. The predicted octanol–water partition coefficient (Wildman–Crippen LogP) is 2.93. The number of rotatable bonds is 8. The molecule has 1 N–H and O–H groups in total. The van der Waals surface area contributed by atoms with E-state index in [1.807, 2.05) is 0 Å². The van der Waals surface area contributed by atoms with Crippen LogP contribution in [0.1, 0.15) is 32.4 Å². The number of hydrogen-bond acceptors (Lipinski definition) is 2. The highest BCUT2D eigenvalue weighted by atomic mass is 15.2. The van der Waals surface area contributed by atoms with Crippen LogP contribution in [0.4, 0.5) is 0 Å². The van der Waals surface area contributed by atoms with E-state index in [1.54, 1.807) is 0 Å². The molecule has 0 amide bonds. The van der Waals surface area contributed by atoms with Crippen molar-refractivity contribution in [3.63, 3.8) is 0 Å². The largest absolute Gasteiger partial charge is 0.315 e. The quantitative estimate of drug-likeness (QED) is 0.721. The van der Waals surface area contributed by atoms with Gasteiger partial charge in [-0.15, -0.1) is 6.42 Å². The topological polar surface area (TPSA) is 15.3 Å². The second kappa shape index (κ2) is 8.74. The van der Waals surface area contributed by atoms with Crippen molar-refractivity contribution < 1.29 is 0 Å². The van der Waals surface area contributed by atoms with Crippen LogP contribution in [0, 0.1) is 18.3 Å². The van der Waals surface area contributed by atoms with Gasteiger partial charge in [-0.3, -0.25) is 4.90 Å². The molecule has 1 aromatic carbocycles. The Hall–Kier alpha value is -1.30. The predicted molar refractivity (Wildman–Crippen MR) is 83.0 cm³/mol. The van der Waals surface area contributed by atoms with E-state index >= 15 is 0 Å². The summed E-state index contributed by atoms with van der Waals surface area (Å²) >= 11 is 0. The van der Waals surface area contributed by atoms with E-state index < -0.39 is 0 Å². The van der Waals surface area contributed by atoms with E-state index in [0.717, 1.165) is 19.6 Å². The van der Waals surface area contributed by atoms with Gasteiger partial charge in [0.2, 0.25) is 0 Å². The molecule has 2 nitrogen and oxygen atoms in total. The van der Waals surface area contributed by atoms with Gasteiger partial charge < -0.3 is 5.32 Å². The average molecular weight is 258 g/mol. The summed E-state index contributed by atoms with van der Waals surface area (Å²) in [6.07, 6.45) is 5.49. The fraction of sp³-hybridized carbons (Fsp3) is 0.529. The Labute approximate surface area is 118 Å². The molecule has 0 aliphatic carbocycles. The van der Waals surface area contributed by atoms with Crippen molar-refractivity contribution in [1.29, 1.82) is 0 Å². The third-order valence-electron chi connectivity index (χ3n) is 3.22. The minimum atomic E-state index is 0.348. The van der Waals surface area contributed by atoms with Crippen molar-refractivity contribution in [3.8, 4) is 12.3 Å². The lowest BCUT2D eigenvalue weighted by molar-refractivity contribution is 0.226. The lowest BCUT2D eigenvalue weighted by atomic mass is 10.0. The zero-order valence-corrected chi connectivity index (χ0v) is 12.4. The SMILES string of the molecule is C#CCN(CC)C(CNCC(C)C)c1ccccc1. The summed E-state index contributed by atoms with van der Waals surface area (Å²) < 4.78 is 0. The van der Waals surface area contributed by atoms with Gasteiger partial charge in [-0.2, -0.15) is 0 Å². The third kappa shape index (κ3) is 5.46. The van der Waals surface area contributed by atoms with Crippen LogP contribution in [0.15, 0.2) is 30.3 Å². The molecule has 1 unspecified atom stereocenters. The van der Waals surface area contributed by atoms with Crippen molar-refractivity contribution in [2.75, 3.05) is 26.2 Å². The van der Waals surface area contributed by atoms with Gasteiger partial charge in [0.1, 0.15) is 0 Å². The van der Waals surface area contributed by atoms with Gasteiger partial charge in [0, 0.05) is 12.6 Å². The summed E-state index contributed by atoms with van der Waals surface area (Å²) in [5.41, 5.74) is 1.33. The van der Waals surface area contributed by atoms with Crippen molar-refractivity contribution in [2.24, 2.45) is 5.92 Å². The van der Waals surface area contributed by atoms with Gasteiger partial charge >= 0.3 is 0 Å². The molecular weight excluding hydrogens is 232 g/mol. The molecule has 0 aliphatic rings. The molecule has 0 radical (unpaired) electrons. The van der Waals surface area contributed by atoms with Crippen molar-refractivity contribution in [1.82, 2.24) is 10.2 Å². The molecule has 0 heterocycles. The van der Waals surface area contributed by atoms with Gasteiger partial charge in [-0.05, 0) is 24.6 Å². The average Bonchev–Trinajstić information content (AvgIpc) is 2.42. The molecule has 0 bridgehead atoms. The Bertz CT molecular complexity index is 378. The zero-order chi connectivity index (χ0) is 14.1. The molecule has 1 atom stereocenters. The number of hydrogen-bond donors (Lipinski definition) is 1. The molecule has 0 saturated carbocycles. The molecule has 0 saturated heterocycles. The molecular formula is C17H26N2. The van der Waals surface area contributed by atoms with Crippen LogP contribution in [-0.2, 0) is 0 Å². The smallest absolute Gasteiger partial charge is 0.0604 e. The maximum Gasteiger partial charge on any atom is 0.0604 e. The zero-order valence-electron chi connectivity index (χ0n) is 12.4. The number of nitrogens with zero attached hydrogens (tertiary/aromatic N) is 1. The summed E-state index contributed by atoms with van der Waals surface area (Å²) in [5, 5.41) is 3.55. The number of nitrogens with one attached hydrogen (secondary N) is 1. The Kier molecular flexibility index (Phi) is 7.25. The fourth-order valence-electron chi connectivity index (χ4n) is 2.20. The summed E-state index contributed by atoms with van der Waals surface area (Å²) in [6, 6.07) is 10.9. The third-order valence-corrected chi connectivity index (χ3v) is 3.22. The lowest BCUT2D eigenvalue weighted by Crippen LogP contribution is -2.37. The van der Waals surface area contributed by atoms with E-state index in [-0.39, 0.29) is 0 Å². The molecule has 0 aromatic heterocycles. The molecule has 19 heavy (non-hydrogen) atoms. The normalized spacial score (nSPS) is 12.6. The van der Waals surface area contributed by atoms with Gasteiger partial charge in [0.25, 0.3) is 0 Å². The van der Waals surface area contributed by atoms with Crippen LogP contribution in [0.2, 0.25) is 0 Å². The van der Waals surface area contributed by atoms with Crippen LogP contribution in [0.25, 0.3) is 0 Å². The van der Waals surface area contributed by atoms with Crippen LogP contribution < -0.4 is 5.32 Å². The van der Waals surface area contributed by atoms with E-state index in [1.165, 1.54) is 5.56 Å².